The van der Waals surface area contributed by atoms with E-state index in [1.165, 1.54) is 9.21 Å². The summed E-state index contributed by atoms with van der Waals surface area (Å²) in [4.78, 5) is 27.9. The molecule has 0 aliphatic carbocycles. The Hall–Kier alpha value is -2.49. The molecule has 0 spiro atoms. The summed E-state index contributed by atoms with van der Waals surface area (Å²) in [7, 11) is -3.59. The van der Waals surface area contributed by atoms with E-state index >= 15 is 0 Å². The van der Waals surface area contributed by atoms with E-state index in [0.29, 0.717) is 41.1 Å². The minimum atomic E-state index is -3.59. The third-order valence-electron chi connectivity index (χ3n) is 5.86. The molecular formula is C27H37Cl2N3O5S. The number of carbonyl (C=O) groups excluding carboxylic acids is 2. The molecular weight excluding hydrogens is 549 g/mol. The van der Waals surface area contributed by atoms with Gasteiger partial charge >= 0.3 is 0 Å². The maximum Gasteiger partial charge on any atom is 0.242 e. The lowest BCUT2D eigenvalue weighted by molar-refractivity contribution is -0.141. The zero-order valence-electron chi connectivity index (χ0n) is 22.4. The molecule has 0 saturated carbocycles. The van der Waals surface area contributed by atoms with Gasteiger partial charge in [-0.3, -0.25) is 13.9 Å². The second-order valence-electron chi connectivity index (χ2n) is 8.85. The number of nitrogens with zero attached hydrogens (tertiary/aromatic N) is 2. The molecule has 38 heavy (non-hydrogen) atoms. The number of sulfonamides is 1. The van der Waals surface area contributed by atoms with Crippen LogP contribution in [0.3, 0.4) is 0 Å². The van der Waals surface area contributed by atoms with Crippen molar-refractivity contribution < 1.29 is 22.7 Å². The normalized spacial score (nSPS) is 12.1. The minimum Gasteiger partial charge on any atom is -0.494 e. The Morgan fingerprint density at radius 3 is 2.26 bits per heavy atom. The average molecular weight is 587 g/mol. The van der Waals surface area contributed by atoms with Gasteiger partial charge in [0.2, 0.25) is 21.8 Å². The number of carbonyl (C=O) groups is 2. The molecule has 8 nitrogen and oxygen atoms in total. The van der Waals surface area contributed by atoms with E-state index in [-0.39, 0.29) is 37.7 Å². The lowest BCUT2D eigenvalue weighted by atomic mass is 10.1. The van der Waals surface area contributed by atoms with Crippen LogP contribution in [-0.4, -0.2) is 57.1 Å². The van der Waals surface area contributed by atoms with Crippen molar-refractivity contribution in [3.05, 3.63) is 58.1 Å². The average Bonchev–Trinajstić information content (AvgIpc) is 2.87. The second-order valence-corrected chi connectivity index (χ2v) is 11.6. The molecule has 2 amide bonds. The first-order chi connectivity index (χ1) is 18.0. The maximum atomic E-state index is 13.5. The van der Waals surface area contributed by atoms with Crippen LogP contribution in [0, 0.1) is 0 Å². The number of anilines is 1. The molecule has 2 aromatic rings. The Kier molecular flexibility index (Phi) is 12.7. The van der Waals surface area contributed by atoms with E-state index in [9.17, 15) is 18.0 Å². The molecule has 11 heteroatoms. The van der Waals surface area contributed by atoms with Crippen LogP contribution in [0.15, 0.2) is 42.5 Å². The summed E-state index contributed by atoms with van der Waals surface area (Å²) in [5.74, 6) is 0.161. The highest BCUT2D eigenvalue weighted by Crippen LogP contribution is 2.25. The molecule has 0 radical (unpaired) electrons. The maximum absolute atomic E-state index is 13.5. The molecule has 2 rings (SSSR count). The van der Waals surface area contributed by atoms with Gasteiger partial charge < -0.3 is 15.0 Å². The van der Waals surface area contributed by atoms with Gasteiger partial charge in [0.05, 0.1) is 28.6 Å². The summed E-state index contributed by atoms with van der Waals surface area (Å²) >= 11 is 12.2. The topological polar surface area (TPSA) is 96.0 Å². The molecule has 0 aliphatic heterocycles. The van der Waals surface area contributed by atoms with Crippen molar-refractivity contribution in [3.63, 3.8) is 0 Å². The first-order valence-electron chi connectivity index (χ1n) is 12.7. The minimum absolute atomic E-state index is 0.0575. The van der Waals surface area contributed by atoms with Crippen molar-refractivity contribution in [2.45, 2.75) is 59.0 Å². The van der Waals surface area contributed by atoms with E-state index < -0.39 is 16.1 Å². The van der Waals surface area contributed by atoms with Gasteiger partial charge in [-0.1, -0.05) is 43.1 Å². The lowest BCUT2D eigenvalue weighted by Crippen LogP contribution is -2.49. The summed E-state index contributed by atoms with van der Waals surface area (Å²) in [6.07, 6.45) is 2.65. The predicted molar refractivity (Wildman–Crippen MR) is 153 cm³/mol. The van der Waals surface area contributed by atoms with Gasteiger partial charge in [0.25, 0.3) is 0 Å². The summed E-state index contributed by atoms with van der Waals surface area (Å²) < 4.78 is 31.7. The van der Waals surface area contributed by atoms with Crippen molar-refractivity contribution >= 4 is 50.7 Å². The lowest BCUT2D eigenvalue weighted by Gasteiger charge is -2.31. The van der Waals surface area contributed by atoms with E-state index in [4.69, 9.17) is 27.9 Å². The number of benzene rings is 2. The number of hydrogen-bond donors (Lipinski definition) is 1. The number of amides is 2. The fraction of sp³-hybridized carbons (Fsp3) is 0.481. The molecule has 0 heterocycles. The first-order valence-corrected chi connectivity index (χ1v) is 15.3. The third kappa shape index (κ3) is 9.36. The summed E-state index contributed by atoms with van der Waals surface area (Å²) in [5.41, 5.74) is 1.23. The van der Waals surface area contributed by atoms with E-state index in [1.807, 2.05) is 20.8 Å². The first kappa shape index (κ1) is 31.7. The molecule has 0 aromatic heterocycles. The Morgan fingerprint density at radius 2 is 1.71 bits per heavy atom. The number of ether oxygens (including phenoxy) is 1. The number of hydrogen-bond acceptors (Lipinski definition) is 5. The second kappa shape index (κ2) is 15.2. The Balaban J connectivity index is 2.21. The standard InChI is InChI=1S/C27H37Cl2N3O5S/c1-5-16-30-27(34)25(6-2)31(19-20-10-15-23(28)24(29)18-20)26(33)9-8-17-32(38(4,35)36)21-11-13-22(14-12-21)37-7-3/h10-15,18,25H,5-9,16-17,19H2,1-4H3,(H,30,34)/t25-/m0/s1. The Labute approximate surface area is 236 Å². The molecule has 210 valence electrons. The van der Waals surface area contributed by atoms with Crippen LogP contribution in [0.1, 0.15) is 52.0 Å². The monoisotopic (exact) mass is 585 g/mol. The zero-order chi connectivity index (χ0) is 28.3. The quantitative estimate of drug-likeness (QED) is 0.307. The highest BCUT2D eigenvalue weighted by Gasteiger charge is 2.29. The molecule has 0 fully saturated rings. The summed E-state index contributed by atoms with van der Waals surface area (Å²) in [5, 5.41) is 3.64. The summed E-state index contributed by atoms with van der Waals surface area (Å²) in [6, 6.07) is 11.2. The van der Waals surface area contributed by atoms with Crippen molar-refractivity contribution in [3.8, 4) is 5.75 Å². The van der Waals surface area contributed by atoms with Crippen LogP contribution >= 0.6 is 23.2 Å². The van der Waals surface area contributed by atoms with Crippen LogP contribution in [0.5, 0.6) is 5.75 Å². The summed E-state index contributed by atoms with van der Waals surface area (Å²) in [6.45, 7) is 6.97. The van der Waals surface area contributed by atoms with Gasteiger partial charge in [-0.2, -0.15) is 0 Å². The van der Waals surface area contributed by atoms with Gasteiger partial charge in [-0.15, -0.1) is 0 Å². The largest absolute Gasteiger partial charge is 0.494 e. The van der Waals surface area contributed by atoms with E-state index in [2.05, 4.69) is 5.32 Å². The fourth-order valence-electron chi connectivity index (χ4n) is 4.00. The van der Waals surface area contributed by atoms with E-state index in [1.54, 1.807) is 42.5 Å². The molecule has 1 atom stereocenters. The predicted octanol–water partition coefficient (Wildman–Crippen LogP) is 5.27. The van der Waals surface area contributed by atoms with Crippen molar-refractivity contribution in [2.75, 3.05) is 30.3 Å². The van der Waals surface area contributed by atoms with Gasteiger partial charge in [0.15, 0.2) is 0 Å². The molecule has 0 bridgehead atoms. The fourth-order valence-corrected chi connectivity index (χ4v) is 5.29. The van der Waals surface area contributed by atoms with Crippen molar-refractivity contribution in [1.29, 1.82) is 0 Å². The van der Waals surface area contributed by atoms with Crippen LogP contribution < -0.4 is 14.4 Å². The smallest absolute Gasteiger partial charge is 0.242 e. The van der Waals surface area contributed by atoms with Crippen LogP contribution in [0.25, 0.3) is 0 Å². The highest BCUT2D eigenvalue weighted by atomic mass is 35.5. The molecule has 2 aromatic carbocycles. The molecule has 0 unspecified atom stereocenters. The van der Waals surface area contributed by atoms with Crippen LogP contribution in [0.2, 0.25) is 10.0 Å². The molecule has 0 aliphatic rings. The zero-order valence-corrected chi connectivity index (χ0v) is 24.7. The van der Waals surface area contributed by atoms with Gasteiger partial charge in [0.1, 0.15) is 11.8 Å². The number of rotatable bonds is 15. The Morgan fingerprint density at radius 1 is 1.03 bits per heavy atom. The van der Waals surface area contributed by atoms with Gasteiger partial charge in [-0.25, -0.2) is 8.42 Å². The molecule has 0 saturated heterocycles. The number of halogens is 2. The molecule has 1 N–H and O–H groups in total. The van der Waals surface area contributed by atoms with E-state index in [0.717, 1.165) is 18.2 Å². The third-order valence-corrected chi connectivity index (χ3v) is 7.79. The van der Waals surface area contributed by atoms with Crippen molar-refractivity contribution in [2.24, 2.45) is 0 Å². The van der Waals surface area contributed by atoms with Crippen molar-refractivity contribution in [1.82, 2.24) is 10.2 Å². The van der Waals surface area contributed by atoms with Crippen LogP contribution in [-0.2, 0) is 26.2 Å². The SMILES string of the molecule is CCCNC(=O)[C@H](CC)N(Cc1ccc(Cl)c(Cl)c1)C(=O)CCCN(c1ccc(OCC)cc1)S(C)(=O)=O. The van der Waals surface area contributed by atoms with Gasteiger partial charge in [-0.05, 0) is 68.1 Å². The van der Waals surface area contributed by atoms with Crippen LogP contribution in [0.4, 0.5) is 5.69 Å². The highest BCUT2D eigenvalue weighted by molar-refractivity contribution is 7.92. The Bertz CT molecular complexity index is 1180. The number of nitrogens with one attached hydrogen (secondary N) is 1. The van der Waals surface area contributed by atoms with Gasteiger partial charge in [0, 0.05) is 26.1 Å².